The third-order valence-electron chi connectivity index (χ3n) is 5.38. The van der Waals surface area contributed by atoms with Gasteiger partial charge >= 0.3 is 0 Å². The molecule has 3 aromatic rings. The molecule has 1 aliphatic rings. The van der Waals surface area contributed by atoms with Crippen molar-refractivity contribution in [2.45, 2.75) is 19.9 Å². The maximum atomic E-state index is 12.9. The average Bonchev–Trinajstić information content (AvgIpc) is 2.73. The second-order valence-electron chi connectivity index (χ2n) is 7.07. The van der Waals surface area contributed by atoms with Crippen LogP contribution in [0, 0.1) is 0 Å². The van der Waals surface area contributed by atoms with Crippen LogP contribution in [0.2, 0.25) is 0 Å². The van der Waals surface area contributed by atoms with Gasteiger partial charge in [-0.3, -0.25) is 14.6 Å². The van der Waals surface area contributed by atoms with Crippen LogP contribution in [0.4, 0.5) is 5.95 Å². The lowest BCUT2D eigenvalue weighted by Gasteiger charge is -2.34. The van der Waals surface area contributed by atoms with E-state index in [1.165, 1.54) is 10.7 Å². The standard InChI is InChI=1S/C20H24N6O2/c1-3-24-8-10-25(11-9-24)20-22-17(12-18(27)23-20)14(2)26-19(28)16-7-5-4-6-15(16)13-21-26/h4-7,12-14H,3,8-11H2,1-2H3,(H,22,23,27)/t14-/m0/s1. The first-order valence-corrected chi connectivity index (χ1v) is 9.62. The first-order valence-electron chi connectivity index (χ1n) is 9.62. The van der Waals surface area contributed by atoms with Gasteiger partial charge in [0.15, 0.2) is 0 Å². The van der Waals surface area contributed by atoms with Gasteiger partial charge in [-0.1, -0.05) is 25.1 Å². The summed E-state index contributed by atoms with van der Waals surface area (Å²) in [5, 5.41) is 5.70. The fourth-order valence-electron chi connectivity index (χ4n) is 3.61. The second kappa shape index (κ2) is 7.55. The molecular formula is C20H24N6O2. The highest BCUT2D eigenvalue weighted by Gasteiger charge is 2.20. The maximum absolute atomic E-state index is 12.9. The van der Waals surface area contributed by atoms with Crippen LogP contribution in [0.25, 0.3) is 10.8 Å². The van der Waals surface area contributed by atoms with Crippen molar-refractivity contribution < 1.29 is 0 Å². The SMILES string of the molecule is CCN1CCN(c2nc([C@H](C)n3ncc4ccccc4c3=O)cc(=O)[nH]2)CC1. The molecule has 28 heavy (non-hydrogen) atoms. The van der Waals surface area contributed by atoms with E-state index in [1.54, 1.807) is 12.3 Å². The van der Waals surface area contributed by atoms with Gasteiger partial charge in [-0.25, -0.2) is 9.67 Å². The fourth-order valence-corrected chi connectivity index (χ4v) is 3.61. The number of aromatic nitrogens is 4. The van der Waals surface area contributed by atoms with Crippen molar-refractivity contribution in [1.29, 1.82) is 0 Å². The predicted molar refractivity (Wildman–Crippen MR) is 109 cm³/mol. The van der Waals surface area contributed by atoms with Crippen LogP contribution in [0.5, 0.6) is 0 Å². The number of likely N-dealkylation sites (N-methyl/N-ethyl adjacent to an activating group) is 1. The van der Waals surface area contributed by atoms with E-state index in [0.29, 0.717) is 17.0 Å². The maximum Gasteiger partial charge on any atom is 0.275 e. The van der Waals surface area contributed by atoms with E-state index in [2.05, 4.69) is 31.8 Å². The lowest BCUT2D eigenvalue weighted by atomic mass is 10.2. The molecule has 8 heteroatoms. The summed E-state index contributed by atoms with van der Waals surface area (Å²) < 4.78 is 1.39. The number of aromatic amines is 1. The van der Waals surface area contributed by atoms with Gasteiger partial charge in [0.05, 0.1) is 23.3 Å². The molecule has 146 valence electrons. The Labute approximate surface area is 162 Å². The van der Waals surface area contributed by atoms with Crippen molar-refractivity contribution in [2.24, 2.45) is 0 Å². The van der Waals surface area contributed by atoms with Gasteiger partial charge in [-0.05, 0) is 19.5 Å². The minimum Gasteiger partial charge on any atom is -0.340 e. The third-order valence-corrected chi connectivity index (χ3v) is 5.38. The van der Waals surface area contributed by atoms with Crippen LogP contribution in [-0.4, -0.2) is 57.4 Å². The van der Waals surface area contributed by atoms with Gasteiger partial charge in [0, 0.05) is 37.6 Å². The van der Waals surface area contributed by atoms with Gasteiger partial charge in [-0.2, -0.15) is 5.10 Å². The van der Waals surface area contributed by atoms with Crippen molar-refractivity contribution in [3.8, 4) is 0 Å². The number of anilines is 1. The number of benzene rings is 1. The Morgan fingerprint density at radius 2 is 1.89 bits per heavy atom. The van der Waals surface area contributed by atoms with E-state index in [0.717, 1.165) is 38.1 Å². The highest BCUT2D eigenvalue weighted by molar-refractivity contribution is 5.80. The van der Waals surface area contributed by atoms with E-state index in [-0.39, 0.29) is 11.1 Å². The van der Waals surface area contributed by atoms with Crippen LogP contribution in [0.1, 0.15) is 25.6 Å². The van der Waals surface area contributed by atoms with Crippen LogP contribution in [-0.2, 0) is 0 Å². The molecule has 1 fully saturated rings. The van der Waals surface area contributed by atoms with Crippen molar-refractivity contribution >= 4 is 16.7 Å². The van der Waals surface area contributed by atoms with E-state index < -0.39 is 6.04 Å². The lowest BCUT2D eigenvalue weighted by Crippen LogP contribution is -2.47. The highest BCUT2D eigenvalue weighted by atomic mass is 16.1. The Balaban J connectivity index is 1.68. The summed E-state index contributed by atoms with van der Waals surface area (Å²) in [4.78, 5) is 37.1. The quantitative estimate of drug-likeness (QED) is 0.733. The minimum absolute atomic E-state index is 0.189. The average molecular weight is 380 g/mol. The normalized spacial score (nSPS) is 16.4. The zero-order chi connectivity index (χ0) is 19.7. The number of nitrogens with zero attached hydrogens (tertiary/aromatic N) is 5. The monoisotopic (exact) mass is 380 g/mol. The van der Waals surface area contributed by atoms with Crippen LogP contribution in [0.15, 0.2) is 46.1 Å². The summed E-state index contributed by atoms with van der Waals surface area (Å²) in [6.07, 6.45) is 1.67. The van der Waals surface area contributed by atoms with Gasteiger partial charge in [0.25, 0.3) is 11.1 Å². The summed E-state index contributed by atoms with van der Waals surface area (Å²) >= 11 is 0. The van der Waals surface area contributed by atoms with Crippen molar-refractivity contribution in [2.75, 3.05) is 37.6 Å². The summed E-state index contributed by atoms with van der Waals surface area (Å²) in [7, 11) is 0. The number of rotatable bonds is 4. The third kappa shape index (κ3) is 3.43. The molecule has 0 unspecified atom stereocenters. The van der Waals surface area contributed by atoms with Crippen molar-refractivity contribution in [1.82, 2.24) is 24.6 Å². The molecule has 1 aromatic carbocycles. The smallest absolute Gasteiger partial charge is 0.275 e. The largest absolute Gasteiger partial charge is 0.340 e. The molecule has 2 aromatic heterocycles. The molecule has 4 rings (SSSR count). The fraction of sp³-hybridized carbons (Fsp3) is 0.400. The van der Waals surface area contributed by atoms with Crippen LogP contribution in [0.3, 0.4) is 0 Å². The van der Waals surface area contributed by atoms with Gasteiger partial charge < -0.3 is 9.80 Å². The lowest BCUT2D eigenvalue weighted by molar-refractivity contribution is 0.269. The number of nitrogens with one attached hydrogen (secondary N) is 1. The van der Waals surface area contributed by atoms with Gasteiger partial charge in [0.2, 0.25) is 5.95 Å². The predicted octanol–water partition coefficient (Wildman–Crippen LogP) is 1.23. The van der Waals surface area contributed by atoms with E-state index >= 15 is 0 Å². The number of hydrogen-bond acceptors (Lipinski definition) is 6. The highest BCUT2D eigenvalue weighted by Crippen LogP contribution is 2.17. The number of H-pyrrole nitrogens is 1. The summed E-state index contributed by atoms with van der Waals surface area (Å²) in [5.74, 6) is 0.555. The summed E-state index contributed by atoms with van der Waals surface area (Å²) in [5.41, 5.74) is 0.117. The first-order chi connectivity index (χ1) is 13.6. The van der Waals surface area contributed by atoms with E-state index in [9.17, 15) is 9.59 Å². The van der Waals surface area contributed by atoms with Crippen molar-refractivity contribution in [3.63, 3.8) is 0 Å². The molecule has 1 aliphatic heterocycles. The molecule has 1 N–H and O–H groups in total. The molecule has 0 aliphatic carbocycles. The molecule has 1 atom stereocenters. The summed E-state index contributed by atoms with van der Waals surface area (Å²) in [6.45, 7) is 8.49. The minimum atomic E-state index is -0.449. The topological polar surface area (TPSA) is 87.1 Å². The van der Waals surface area contributed by atoms with Gasteiger partial charge in [0.1, 0.15) is 0 Å². The van der Waals surface area contributed by atoms with Gasteiger partial charge in [-0.15, -0.1) is 0 Å². The molecule has 8 nitrogen and oxygen atoms in total. The number of fused-ring (bicyclic) bond motifs is 1. The first kappa shape index (κ1) is 18.4. The second-order valence-corrected chi connectivity index (χ2v) is 7.07. The molecule has 0 bridgehead atoms. The Kier molecular flexibility index (Phi) is 4.95. The zero-order valence-electron chi connectivity index (χ0n) is 16.1. The Morgan fingerprint density at radius 1 is 1.14 bits per heavy atom. The molecule has 0 amide bonds. The molecule has 0 spiro atoms. The Bertz CT molecular complexity index is 1100. The van der Waals surface area contributed by atoms with E-state index in [4.69, 9.17) is 0 Å². The van der Waals surface area contributed by atoms with Crippen LogP contribution < -0.4 is 16.0 Å². The molecule has 3 heterocycles. The van der Waals surface area contributed by atoms with Crippen molar-refractivity contribution in [3.05, 3.63) is 62.9 Å². The number of piperazine rings is 1. The molecule has 0 saturated carbocycles. The Morgan fingerprint density at radius 3 is 2.64 bits per heavy atom. The van der Waals surface area contributed by atoms with Crippen LogP contribution >= 0.6 is 0 Å². The van der Waals surface area contributed by atoms with E-state index in [1.807, 2.05) is 25.1 Å². The number of hydrogen-bond donors (Lipinski definition) is 1. The molecule has 1 saturated heterocycles. The Hall–Kier alpha value is -3.00. The summed E-state index contributed by atoms with van der Waals surface area (Å²) in [6, 6.07) is 8.35. The molecular weight excluding hydrogens is 356 g/mol. The zero-order valence-corrected chi connectivity index (χ0v) is 16.1. The molecule has 0 radical (unpaired) electrons.